The van der Waals surface area contributed by atoms with E-state index in [1.165, 1.54) is 12.1 Å². The average molecular weight is 303 g/mol. The molecule has 0 aliphatic heterocycles. The van der Waals surface area contributed by atoms with E-state index in [1.807, 2.05) is 0 Å². The molecule has 0 bridgehead atoms. The summed E-state index contributed by atoms with van der Waals surface area (Å²) in [6, 6.07) is 3.58. The average Bonchev–Trinajstić information content (AvgIpc) is 2.41. The Morgan fingerprint density at radius 3 is 2.29 bits per heavy atom. The molecule has 3 N–H and O–H groups in total. The zero-order valence-electron chi connectivity index (χ0n) is 11.3. The molecule has 0 heterocycles. The SMILES string of the molecule is C/C=C/[C@@H](c1ccc(C(F)(F)F)cc1)[C@@H](CO)NC(=O)O. The van der Waals surface area contributed by atoms with Crippen LogP contribution in [0.5, 0.6) is 0 Å². The minimum atomic E-state index is -4.43. The molecule has 0 saturated carbocycles. The lowest BCUT2D eigenvalue weighted by molar-refractivity contribution is -0.137. The van der Waals surface area contributed by atoms with E-state index in [0.717, 1.165) is 12.1 Å². The van der Waals surface area contributed by atoms with Crippen molar-refractivity contribution in [3.8, 4) is 0 Å². The highest BCUT2D eigenvalue weighted by Crippen LogP contribution is 2.31. The lowest BCUT2D eigenvalue weighted by atomic mass is 9.90. The number of allylic oxidation sites excluding steroid dienone is 1. The van der Waals surface area contributed by atoms with Crippen LogP contribution in [0.4, 0.5) is 18.0 Å². The standard InChI is InChI=1S/C14H16F3NO3/c1-2-3-11(12(8-19)18-13(20)21)9-4-6-10(7-5-9)14(15,16)17/h2-7,11-12,18-19H,8H2,1H3,(H,20,21)/b3-2+/t11-,12+/m0/s1. The summed E-state index contributed by atoms with van der Waals surface area (Å²) in [7, 11) is 0. The summed E-state index contributed by atoms with van der Waals surface area (Å²) in [4.78, 5) is 10.7. The Morgan fingerprint density at radius 1 is 1.33 bits per heavy atom. The molecule has 2 atom stereocenters. The minimum absolute atomic E-state index is 0.470. The predicted octanol–water partition coefficient (Wildman–Crippen LogP) is 2.99. The van der Waals surface area contributed by atoms with E-state index in [0.29, 0.717) is 5.56 Å². The van der Waals surface area contributed by atoms with Crippen LogP contribution in [0.1, 0.15) is 24.0 Å². The zero-order chi connectivity index (χ0) is 16.0. The van der Waals surface area contributed by atoms with Gasteiger partial charge in [-0.05, 0) is 24.6 Å². The fraction of sp³-hybridized carbons (Fsp3) is 0.357. The van der Waals surface area contributed by atoms with E-state index in [9.17, 15) is 23.1 Å². The second kappa shape index (κ2) is 7.12. The molecule has 0 spiro atoms. The highest BCUT2D eigenvalue weighted by atomic mass is 19.4. The van der Waals surface area contributed by atoms with Crippen LogP contribution in [0.3, 0.4) is 0 Å². The molecular weight excluding hydrogens is 287 g/mol. The first-order chi connectivity index (χ1) is 9.79. The van der Waals surface area contributed by atoms with Crippen LogP contribution in [-0.4, -0.2) is 29.0 Å². The van der Waals surface area contributed by atoms with Crippen LogP contribution in [-0.2, 0) is 6.18 Å². The molecule has 0 radical (unpaired) electrons. The second-order valence-corrected chi connectivity index (χ2v) is 4.41. The van der Waals surface area contributed by atoms with E-state index in [-0.39, 0.29) is 0 Å². The van der Waals surface area contributed by atoms with Crippen LogP contribution in [0.15, 0.2) is 36.4 Å². The maximum absolute atomic E-state index is 12.5. The topological polar surface area (TPSA) is 69.6 Å². The number of carboxylic acid groups (broad SMARTS) is 1. The third kappa shape index (κ3) is 4.78. The Hall–Kier alpha value is -2.02. The molecule has 1 aromatic carbocycles. The molecule has 0 saturated heterocycles. The Labute approximate surface area is 119 Å². The van der Waals surface area contributed by atoms with Gasteiger partial charge in [0.15, 0.2) is 0 Å². The molecule has 0 fully saturated rings. The molecule has 0 unspecified atom stereocenters. The highest BCUT2D eigenvalue weighted by Gasteiger charge is 2.30. The molecule has 4 nitrogen and oxygen atoms in total. The van der Waals surface area contributed by atoms with Gasteiger partial charge in [0.1, 0.15) is 0 Å². The summed E-state index contributed by atoms with van der Waals surface area (Å²) in [5.41, 5.74) is -0.300. The summed E-state index contributed by atoms with van der Waals surface area (Å²) in [6.45, 7) is 1.23. The van der Waals surface area contributed by atoms with Gasteiger partial charge in [0.2, 0.25) is 0 Å². The largest absolute Gasteiger partial charge is 0.465 e. The van der Waals surface area contributed by atoms with E-state index in [2.05, 4.69) is 5.32 Å². The van der Waals surface area contributed by atoms with Gasteiger partial charge in [-0.1, -0.05) is 24.3 Å². The van der Waals surface area contributed by atoms with Crippen molar-refractivity contribution in [3.05, 3.63) is 47.5 Å². The van der Waals surface area contributed by atoms with Crippen LogP contribution < -0.4 is 5.32 Å². The molecule has 1 rings (SSSR count). The van der Waals surface area contributed by atoms with Gasteiger partial charge in [-0.15, -0.1) is 0 Å². The number of aliphatic hydroxyl groups excluding tert-OH is 1. The first-order valence-electron chi connectivity index (χ1n) is 6.20. The number of amides is 1. The summed E-state index contributed by atoms with van der Waals surface area (Å²) in [6.07, 6.45) is -2.46. The minimum Gasteiger partial charge on any atom is -0.465 e. The fourth-order valence-corrected chi connectivity index (χ4v) is 1.99. The third-order valence-corrected chi connectivity index (χ3v) is 2.96. The molecule has 0 aliphatic carbocycles. The number of rotatable bonds is 5. The van der Waals surface area contributed by atoms with Crippen LogP contribution in [0.25, 0.3) is 0 Å². The first kappa shape index (κ1) is 17.0. The van der Waals surface area contributed by atoms with Crippen molar-refractivity contribution < 1.29 is 28.2 Å². The van der Waals surface area contributed by atoms with Crippen molar-refractivity contribution in [2.45, 2.75) is 25.1 Å². The number of hydrogen-bond donors (Lipinski definition) is 3. The molecule has 21 heavy (non-hydrogen) atoms. The molecule has 116 valence electrons. The lowest BCUT2D eigenvalue weighted by Crippen LogP contribution is -2.40. The fourth-order valence-electron chi connectivity index (χ4n) is 1.99. The number of alkyl halides is 3. The van der Waals surface area contributed by atoms with E-state index < -0.39 is 36.4 Å². The van der Waals surface area contributed by atoms with Crippen LogP contribution in [0.2, 0.25) is 0 Å². The summed E-state index contributed by atoms with van der Waals surface area (Å²) in [5, 5.41) is 20.2. The maximum Gasteiger partial charge on any atom is 0.416 e. The van der Waals surface area contributed by atoms with Gasteiger partial charge in [-0.3, -0.25) is 0 Å². The molecule has 7 heteroatoms. The highest BCUT2D eigenvalue weighted by molar-refractivity contribution is 5.65. The molecule has 1 aromatic rings. The lowest BCUT2D eigenvalue weighted by Gasteiger charge is -2.23. The molecule has 1 amide bonds. The quantitative estimate of drug-likeness (QED) is 0.732. The smallest absolute Gasteiger partial charge is 0.416 e. The van der Waals surface area contributed by atoms with Gasteiger partial charge in [-0.25, -0.2) is 4.79 Å². The van der Waals surface area contributed by atoms with Crippen molar-refractivity contribution in [2.24, 2.45) is 0 Å². The van der Waals surface area contributed by atoms with E-state index >= 15 is 0 Å². The van der Waals surface area contributed by atoms with Crippen molar-refractivity contribution in [3.63, 3.8) is 0 Å². The first-order valence-corrected chi connectivity index (χ1v) is 6.20. The van der Waals surface area contributed by atoms with Gasteiger partial charge >= 0.3 is 12.3 Å². The second-order valence-electron chi connectivity index (χ2n) is 4.41. The number of halogens is 3. The monoisotopic (exact) mass is 303 g/mol. The van der Waals surface area contributed by atoms with Gasteiger partial charge in [0.25, 0.3) is 0 Å². The van der Waals surface area contributed by atoms with Gasteiger partial charge in [0, 0.05) is 5.92 Å². The number of benzene rings is 1. The van der Waals surface area contributed by atoms with Crippen LogP contribution in [0, 0.1) is 0 Å². The normalized spacial score (nSPS) is 14.9. The van der Waals surface area contributed by atoms with Gasteiger partial charge < -0.3 is 15.5 Å². The number of hydrogen-bond acceptors (Lipinski definition) is 2. The number of aliphatic hydroxyl groups is 1. The summed E-state index contributed by atoms with van der Waals surface area (Å²) < 4.78 is 37.6. The number of nitrogens with one attached hydrogen (secondary N) is 1. The zero-order valence-corrected chi connectivity index (χ0v) is 11.3. The summed E-state index contributed by atoms with van der Waals surface area (Å²) in [5.74, 6) is -0.557. The summed E-state index contributed by atoms with van der Waals surface area (Å²) >= 11 is 0. The Balaban J connectivity index is 3.07. The number of carbonyl (C=O) groups is 1. The van der Waals surface area contributed by atoms with Crippen LogP contribution >= 0.6 is 0 Å². The van der Waals surface area contributed by atoms with E-state index in [1.54, 1.807) is 19.1 Å². The van der Waals surface area contributed by atoms with Crippen molar-refractivity contribution in [1.29, 1.82) is 0 Å². The molecule has 0 aromatic heterocycles. The van der Waals surface area contributed by atoms with Gasteiger partial charge in [0.05, 0.1) is 18.2 Å². The Morgan fingerprint density at radius 2 is 1.90 bits per heavy atom. The Bertz CT molecular complexity index is 497. The van der Waals surface area contributed by atoms with Crippen molar-refractivity contribution in [1.82, 2.24) is 5.32 Å². The van der Waals surface area contributed by atoms with Gasteiger partial charge in [-0.2, -0.15) is 13.2 Å². The predicted molar refractivity (Wildman–Crippen MR) is 71.0 cm³/mol. The maximum atomic E-state index is 12.5. The molecule has 0 aliphatic rings. The van der Waals surface area contributed by atoms with Crippen molar-refractivity contribution >= 4 is 6.09 Å². The third-order valence-electron chi connectivity index (χ3n) is 2.96. The van der Waals surface area contributed by atoms with Crippen molar-refractivity contribution in [2.75, 3.05) is 6.61 Å². The Kier molecular flexibility index (Phi) is 5.78. The van der Waals surface area contributed by atoms with E-state index in [4.69, 9.17) is 5.11 Å². The molecular formula is C14H16F3NO3.